The normalized spacial score (nSPS) is 13.0. The molecule has 2 rings (SSSR count). The second-order valence-electron chi connectivity index (χ2n) is 4.78. The van der Waals surface area contributed by atoms with Gasteiger partial charge in [0.15, 0.2) is 0 Å². The van der Waals surface area contributed by atoms with Crippen molar-refractivity contribution >= 4 is 15.7 Å². The molecule has 0 aliphatic rings. The number of rotatable bonds is 4. The Bertz CT molecular complexity index is 757. The number of halogens is 1. The summed E-state index contributed by atoms with van der Waals surface area (Å²) < 4.78 is 40.3. The van der Waals surface area contributed by atoms with E-state index in [2.05, 4.69) is 4.72 Å². The van der Waals surface area contributed by atoms with Gasteiger partial charge in [0.1, 0.15) is 5.82 Å². The van der Waals surface area contributed by atoms with Crippen LogP contribution in [-0.4, -0.2) is 13.5 Å². The average molecular weight is 309 g/mol. The van der Waals surface area contributed by atoms with Gasteiger partial charge in [-0.05, 0) is 43.7 Å². The van der Waals surface area contributed by atoms with Crippen molar-refractivity contribution in [2.45, 2.75) is 24.8 Å². The highest BCUT2D eigenvalue weighted by molar-refractivity contribution is 7.92. The number of para-hydroxylation sites is 1. The topological polar surface area (TPSA) is 66.4 Å². The van der Waals surface area contributed by atoms with Gasteiger partial charge in [0.05, 0.1) is 16.7 Å². The first-order valence-electron chi connectivity index (χ1n) is 6.37. The second-order valence-corrected chi connectivity index (χ2v) is 6.43. The van der Waals surface area contributed by atoms with E-state index in [1.807, 2.05) is 0 Å². The molecule has 0 saturated heterocycles. The fourth-order valence-corrected chi connectivity index (χ4v) is 3.38. The first kappa shape index (κ1) is 15.5. The van der Waals surface area contributed by atoms with E-state index in [-0.39, 0.29) is 4.90 Å². The quantitative estimate of drug-likeness (QED) is 0.912. The minimum Gasteiger partial charge on any atom is -0.389 e. The second kappa shape index (κ2) is 5.83. The number of benzene rings is 2. The molecule has 4 nitrogen and oxygen atoms in total. The van der Waals surface area contributed by atoms with Crippen LogP contribution in [0.15, 0.2) is 47.4 Å². The van der Waals surface area contributed by atoms with Crippen LogP contribution >= 0.6 is 0 Å². The van der Waals surface area contributed by atoms with Crippen molar-refractivity contribution in [1.82, 2.24) is 0 Å². The molecular weight excluding hydrogens is 293 g/mol. The van der Waals surface area contributed by atoms with Crippen molar-refractivity contribution in [1.29, 1.82) is 0 Å². The smallest absolute Gasteiger partial charge is 0.262 e. The largest absolute Gasteiger partial charge is 0.389 e. The standard InChI is InChI=1S/C15H16FNO3S/c1-10-9-12(16)7-8-15(10)21(19,20)17-14-6-4-3-5-13(14)11(2)18/h3-9,11,17-18H,1-2H3. The molecule has 0 aliphatic heterocycles. The van der Waals surface area contributed by atoms with Gasteiger partial charge < -0.3 is 5.11 Å². The molecule has 6 heteroatoms. The molecule has 0 bridgehead atoms. The molecule has 0 aromatic heterocycles. The molecule has 2 aromatic rings. The Morgan fingerprint density at radius 3 is 2.48 bits per heavy atom. The summed E-state index contributed by atoms with van der Waals surface area (Å²) in [6.45, 7) is 3.08. The number of aliphatic hydroxyl groups is 1. The van der Waals surface area contributed by atoms with E-state index in [9.17, 15) is 17.9 Å². The maximum atomic E-state index is 13.1. The van der Waals surface area contributed by atoms with E-state index in [0.29, 0.717) is 16.8 Å². The summed E-state index contributed by atoms with van der Waals surface area (Å²) >= 11 is 0. The lowest BCUT2D eigenvalue weighted by molar-refractivity contribution is 0.200. The van der Waals surface area contributed by atoms with Crippen LogP contribution in [0.5, 0.6) is 0 Å². The lowest BCUT2D eigenvalue weighted by atomic mass is 10.1. The van der Waals surface area contributed by atoms with Crippen molar-refractivity contribution in [2.75, 3.05) is 4.72 Å². The summed E-state index contributed by atoms with van der Waals surface area (Å²) in [6, 6.07) is 10.1. The van der Waals surface area contributed by atoms with Crippen molar-refractivity contribution in [3.8, 4) is 0 Å². The van der Waals surface area contributed by atoms with E-state index >= 15 is 0 Å². The van der Waals surface area contributed by atoms with Gasteiger partial charge in [-0.1, -0.05) is 18.2 Å². The molecule has 2 N–H and O–H groups in total. The molecule has 0 spiro atoms. The lowest BCUT2D eigenvalue weighted by Gasteiger charge is -2.15. The Hall–Kier alpha value is -1.92. The zero-order valence-electron chi connectivity index (χ0n) is 11.7. The molecule has 0 fully saturated rings. The van der Waals surface area contributed by atoms with Crippen LogP contribution in [0.2, 0.25) is 0 Å². The summed E-state index contributed by atoms with van der Waals surface area (Å²) in [5.74, 6) is -0.490. The number of sulfonamides is 1. The minimum absolute atomic E-state index is 0.00398. The molecule has 0 saturated carbocycles. The third-order valence-corrected chi connectivity index (χ3v) is 4.61. The van der Waals surface area contributed by atoms with Crippen LogP contribution in [0.3, 0.4) is 0 Å². The predicted octanol–water partition coefficient (Wildman–Crippen LogP) is 2.99. The molecule has 21 heavy (non-hydrogen) atoms. The van der Waals surface area contributed by atoms with Gasteiger partial charge in [0.2, 0.25) is 0 Å². The van der Waals surface area contributed by atoms with Crippen molar-refractivity contribution in [3.63, 3.8) is 0 Å². The third kappa shape index (κ3) is 3.40. The lowest BCUT2D eigenvalue weighted by Crippen LogP contribution is -2.16. The van der Waals surface area contributed by atoms with Gasteiger partial charge in [-0.3, -0.25) is 4.72 Å². The molecule has 0 aliphatic carbocycles. The van der Waals surface area contributed by atoms with E-state index in [0.717, 1.165) is 12.1 Å². The number of aryl methyl sites for hydroxylation is 1. The zero-order chi connectivity index (χ0) is 15.6. The molecule has 0 amide bonds. The van der Waals surface area contributed by atoms with E-state index < -0.39 is 21.9 Å². The van der Waals surface area contributed by atoms with Gasteiger partial charge in [0.25, 0.3) is 10.0 Å². The molecule has 2 aromatic carbocycles. The summed E-state index contributed by atoms with van der Waals surface area (Å²) in [4.78, 5) is 0.00398. The van der Waals surface area contributed by atoms with Crippen LogP contribution in [0.25, 0.3) is 0 Å². The highest BCUT2D eigenvalue weighted by Crippen LogP contribution is 2.26. The number of nitrogens with one attached hydrogen (secondary N) is 1. The summed E-state index contributed by atoms with van der Waals surface area (Å²) in [5, 5.41) is 9.68. The first-order valence-corrected chi connectivity index (χ1v) is 7.85. The van der Waals surface area contributed by atoms with Gasteiger partial charge in [-0.15, -0.1) is 0 Å². The maximum absolute atomic E-state index is 13.1. The maximum Gasteiger partial charge on any atom is 0.262 e. The summed E-state index contributed by atoms with van der Waals surface area (Å²) in [7, 11) is -3.84. The Labute approximate surface area is 123 Å². The molecule has 1 atom stereocenters. The van der Waals surface area contributed by atoms with Crippen LogP contribution in [0.4, 0.5) is 10.1 Å². The van der Waals surface area contributed by atoms with Crippen molar-refractivity contribution in [2.24, 2.45) is 0 Å². The number of hydrogen-bond donors (Lipinski definition) is 2. The van der Waals surface area contributed by atoms with Crippen LogP contribution in [0.1, 0.15) is 24.2 Å². The van der Waals surface area contributed by atoms with Crippen molar-refractivity contribution < 1.29 is 17.9 Å². The van der Waals surface area contributed by atoms with E-state index in [1.54, 1.807) is 31.2 Å². The number of aliphatic hydroxyl groups excluding tert-OH is 1. The Kier molecular flexibility index (Phi) is 4.29. The van der Waals surface area contributed by atoms with Crippen LogP contribution in [0, 0.1) is 12.7 Å². The van der Waals surface area contributed by atoms with Crippen LogP contribution in [-0.2, 0) is 10.0 Å². The van der Waals surface area contributed by atoms with E-state index in [4.69, 9.17) is 0 Å². The summed E-state index contributed by atoms with van der Waals surface area (Å²) in [6.07, 6.45) is -0.807. The van der Waals surface area contributed by atoms with Gasteiger partial charge >= 0.3 is 0 Å². The van der Waals surface area contributed by atoms with Crippen molar-refractivity contribution in [3.05, 3.63) is 59.4 Å². The highest BCUT2D eigenvalue weighted by atomic mass is 32.2. The Morgan fingerprint density at radius 1 is 1.19 bits per heavy atom. The number of anilines is 1. The molecule has 1 unspecified atom stereocenters. The fourth-order valence-electron chi connectivity index (χ4n) is 2.07. The van der Waals surface area contributed by atoms with E-state index in [1.165, 1.54) is 13.0 Å². The number of hydrogen-bond acceptors (Lipinski definition) is 3. The SMILES string of the molecule is Cc1cc(F)ccc1S(=O)(=O)Nc1ccccc1C(C)O. The monoisotopic (exact) mass is 309 g/mol. The first-order chi connectivity index (χ1) is 9.81. The van der Waals surface area contributed by atoms with Crippen LogP contribution < -0.4 is 4.72 Å². The average Bonchev–Trinajstić information content (AvgIpc) is 2.37. The fraction of sp³-hybridized carbons (Fsp3) is 0.200. The Morgan fingerprint density at radius 2 is 1.86 bits per heavy atom. The van der Waals surface area contributed by atoms with Gasteiger partial charge in [-0.2, -0.15) is 0 Å². The molecular formula is C15H16FNO3S. The van der Waals surface area contributed by atoms with Gasteiger partial charge in [0, 0.05) is 5.56 Å². The zero-order valence-corrected chi connectivity index (χ0v) is 12.5. The Balaban J connectivity index is 2.43. The molecule has 112 valence electrons. The minimum atomic E-state index is -3.84. The molecule has 0 heterocycles. The summed E-state index contributed by atoms with van der Waals surface area (Å²) in [5.41, 5.74) is 1.09. The molecule has 0 radical (unpaired) electrons. The third-order valence-electron chi connectivity index (χ3n) is 3.08. The predicted molar refractivity (Wildman–Crippen MR) is 79.0 cm³/mol. The van der Waals surface area contributed by atoms with Gasteiger partial charge in [-0.25, -0.2) is 12.8 Å². The highest BCUT2D eigenvalue weighted by Gasteiger charge is 2.19.